The molecule has 0 unspecified atom stereocenters. The van der Waals surface area contributed by atoms with E-state index in [9.17, 15) is 8.42 Å². The van der Waals surface area contributed by atoms with Gasteiger partial charge in [0.05, 0.1) is 14.2 Å². The topological polar surface area (TPSA) is 64.6 Å². The van der Waals surface area contributed by atoms with E-state index < -0.39 is 10.0 Å². The van der Waals surface area contributed by atoms with Crippen LogP contribution in [-0.2, 0) is 16.4 Å². The molecule has 0 heterocycles. The van der Waals surface area contributed by atoms with Crippen molar-refractivity contribution in [3.63, 3.8) is 0 Å². The van der Waals surface area contributed by atoms with Gasteiger partial charge in [0.1, 0.15) is 16.4 Å². The lowest BCUT2D eigenvalue weighted by Gasteiger charge is -2.12. The van der Waals surface area contributed by atoms with Crippen molar-refractivity contribution in [2.45, 2.75) is 11.3 Å². The summed E-state index contributed by atoms with van der Waals surface area (Å²) in [5, 5.41) is 0. The third-order valence-electron chi connectivity index (χ3n) is 3.21. The van der Waals surface area contributed by atoms with Crippen molar-refractivity contribution >= 4 is 10.0 Å². The first-order chi connectivity index (χ1) is 10.6. The van der Waals surface area contributed by atoms with Gasteiger partial charge in [0.25, 0.3) is 0 Å². The van der Waals surface area contributed by atoms with Crippen molar-refractivity contribution in [3.8, 4) is 11.5 Å². The van der Waals surface area contributed by atoms with Crippen molar-refractivity contribution in [1.82, 2.24) is 4.72 Å². The van der Waals surface area contributed by atoms with Crippen LogP contribution in [0.4, 0.5) is 0 Å². The van der Waals surface area contributed by atoms with E-state index in [1.54, 1.807) is 12.1 Å². The molecule has 118 valence electrons. The van der Waals surface area contributed by atoms with Crippen LogP contribution in [0.2, 0.25) is 0 Å². The summed E-state index contributed by atoms with van der Waals surface area (Å²) in [4.78, 5) is 0.101. The van der Waals surface area contributed by atoms with Crippen LogP contribution in [0.5, 0.6) is 11.5 Å². The second-order valence-electron chi connectivity index (χ2n) is 4.65. The molecular formula is C16H19NO4S. The quantitative estimate of drug-likeness (QED) is 0.849. The van der Waals surface area contributed by atoms with Crippen molar-refractivity contribution < 1.29 is 17.9 Å². The van der Waals surface area contributed by atoms with Crippen molar-refractivity contribution in [2.24, 2.45) is 0 Å². The van der Waals surface area contributed by atoms with E-state index in [-0.39, 0.29) is 10.6 Å². The van der Waals surface area contributed by atoms with Crippen LogP contribution in [0.25, 0.3) is 0 Å². The maximum absolute atomic E-state index is 12.4. The van der Waals surface area contributed by atoms with Crippen molar-refractivity contribution in [2.75, 3.05) is 20.8 Å². The lowest BCUT2D eigenvalue weighted by Crippen LogP contribution is -2.26. The second kappa shape index (κ2) is 7.29. The molecule has 0 aliphatic rings. The van der Waals surface area contributed by atoms with Crippen molar-refractivity contribution in [3.05, 3.63) is 54.1 Å². The van der Waals surface area contributed by atoms with Crippen LogP contribution in [0.3, 0.4) is 0 Å². The van der Waals surface area contributed by atoms with Gasteiger partial charge in [-0.25, -0.2) is 13.1 Å². The van der Waals surface area contributed by atoms with Gasteiger partial charge in [-0.3, -0.25) is 0 Å². The van der Waals surface area contributed by atoms with E-state index in [2.05, 4.69) is 4.72 Å². The molecule has 0 aliphatic carbocycles. The number of rotatable bonds is 7. The molecule has 0 bridgehead atoms. The highest BCUT2D eigenvalue weighted by Crippen LogP contribution is 2.28. The fraction of sp³-hybridized carbons (Fsp3) is 0.250. The van der Waals surface area contributed by atoms with E-state index in [1.165, 1.54) is 20.3 Å². The summed E-state index contributed by atoms with van der Waals surface area (Å²) in [5.41, 5.74) is 1.08. The molecule has 0 spiro atoms. The van der Waals surface area contributed by atoms with E-state index in [0.29, 0.717) is 18.7 Å². The summed E-state index contributed by atoms with van der Waals surface area (Å²) in [6.07, 6.45) is 0.624. The second-order valence-corrected chi connectivity index (χ2v) is 6.39. The number of nitrogens with one attached hydrogen (secondary N) is 1. The lowest BCUT2D eigenvalue weighted by molar-refractivity contribution is 0.386. The Bertz CT molecular complexity index is 714. The SMILES string of the molecule is COc1ccc(S(=O)(=O)NCCc2ccccc2)c(OC)c1. The van der Waals surface area contributed by atoms with Crippen LogP contribution in [-0.4, -0.2) is 29.2 Å². The highest BCUT2D eigenvalue weighted by molar-refractivity contribution is 7.89. The number of hydrogen-bond acceptors (Lipinski definition) is 4. The maximum Gasteiger partial charge on any atom is 0.244 e. The van der Waals surface area contributed by atoms with E-state index >= 15 is 0 Å². The minimum absolute atomic E-state index is 0.101. The molecule has 22 heavy (non-hydrogen) atoms. The molecule has 0 atom stereocenters. The molecule has 0 radical (unpaired) electrons. The summed E-state index contributed by atoms with van der Waals surface area (Å²) < 4.78 is 37.5. The molecule has 1 N–H and O–H groups in total. The molecule has 0 aliphatic heterocycles. The van der Waals surface area contributed by atoms with E-state index in [1.807, 2.05) is 30.3 Å². The highest BCUT2D eigenvalue weighted by Gasteiger charge is 2.19. The molecular weight excluding hydrogens is 302 g/mol. The summed E-state index contributed by atoms with van der Waals surface area (Å²) >= 11 is 0. The van der Waals surface area contributed by atoms with Gasteiger partial charge in [-0.05, 0) is 24.1 Å². The lowest BCUT2D eigenvalue weighted by atomic mass is 10.2. The minimum Gasteiger partial charge on any atom is -0.497 e. The molecule has 0 aromatic heterocycles. The van der Waals surface area contributed by atoms with Crippen LogP contribution >= 0.6 is 0 Å². The van der Waals surface area contributed by atoms with Gasteiger partial charge in [-0.15, -0.1) is 0 Å². The third-order valence-corrected chi connectivity index (χ3v) is 4.71. The minimum atomic E-state index is -3.63. The Morgan fingerprint density at radius 1 is 1.00 bits per heavy atom. The number of benzene rings is 2. The maximum atomic E-state index is 12.4. The first-order valence-electron chi connectivity index (χ1n) is 6.82. The number of ether oxygens (including phenoxy) is 2. The fourth-order valence-corrected chi connectivity index (χ4v) is 3.23. The Morgan fingerprint density at radius 2 is 1.73 bits per heavy atom. The fourth-order valence-electron chi connectivity index (χ4n) is 2.05. The summed E-state index contributed by atoms with van der Waals surface area (Å²) in [6.45, 7) is 0.321. The van der Waals surface area contributed by atoms with Gasteiger partial charge in [-0.1, -0.05) is 30.3 Å². The predicted molar refractivity (Wildman–Crippen MR) is 84.9 cm³/mol. The normalized spacial score (nSPS) is 11.2. The average molecular weight is 321 g/mol. The molecule has 0 saturated heterocycles. The van der Waals surface area contributed by atoms with Gasteiger partial charge in [0.2, 0.25) is 10.0 Å². The number of hydrogen-bond donors (Lipinski definition) is 1. The van der Waals surface area contributed by atoms with Gasteiger partial charge >= 0.3 is 0 Å². The van der Waals surface area contributed by atoms with E-state index in [0.717, 1.165) is 5.56 Å². The zero-order valence-electron chi connectivity index (χ0n) is 12.6. The molecule has 0 saturated carbocycles. The molecule has 2 rings (SSSR count). The predicted octanol–water partition coefficient (Wildman–Crippen LogP) is 2.22. The van der Waals surface area contributed by atoms with Crippen LogP contribution in [0.15, 0.2) is 53.4 Å². The average Bonchev–Trinajstić information content (AvgIpc) is 2.55. The van der Waals surface area contributed by atoms with Crippen LogP contribution in [0, 0.1) is 0 Å². The molecule has 0 fully saturated rings. The molecule has 6 heteroatoms. The molecule has 0 amide bonds. The molecule has 2 aromatic rings. The standard InChI is InChI=1S/C16H19NO4S/c1-20-14-8-9-16(15(12-14)21-2)22(18,19)17-11-10-13-6-4-3-5-7-13/h3-9,12,17H,10-11H2,1-2H3. The first kappa shape index (κ1) is 16.3. The van der Waals surface area contributed by atoms with Crippen LogP contribution in [0.1, 0.15) is 5.56 Å². The summed E-state index contributed by atoms with van der Waals surface area (Å²) in [7, 11) is -0.685. The third kappa shape index (κ3) is 3.99. The van der Waals surface area contributed by atoms with E-state index in [4.69, 9.17) is 9.47 Å². The Balaban J connectivity index is 2.10. The Hall–Kier alpha value is -2.05. The van der Waals surface area contributed by atoms with Gasteiger partial charge in [0.15, 0.2) is 0 Å². The monoisotopic (exact) mass is 321 g/mol. The first-order valence-corrected chi connectivity index (χ1v) is 8.31. The molecule has 5 nitrogen and oxygen atoms in total. The Morgan fingerprint density at radius 3 is 2.36 bits per heavy atom. The smallest absolute Gasteiger partial charge is 0.244 e. The summed E-state index contributed by atoms with van der Waals surface area (Å²) in [6, 6.07) is 14.3. The van der Waals surface area contributed by atoms with Gasteiger partial charge in [-0.2, -0.15) is 0 Å². The number of sulfonamides is 1. The molecule has 2 aromatic carbocycles. The zero-order chi connectivity index (χ0) is 16.0. The van der Waals surface area contributed by atoms with Gasteiger partial charge < -0.3 is 9.47 Å². The summed E-state index contributed by atoms with van der Waals surface area (Å²) in [5.74, 6) is 0.798. The number of methoxy groups -OCH3 is 2. The van der Waals surface area contributed by atoms with Gasteiger partial charge in [0, 0.05) is 12.6 Å². The van der Waals surface area contributed by atoms with Crippen molar-refractivity contribution in [1.29, 1.82) is 0 Å². The zero-order valence-corrected chi connectivity index (χ0v) is 13.4. The Kier molecular flexibility index (Phi) is 5.41. The Labute approximate surface area is 130 Å². The highest BCUT2D eigenvalue weighted by atomic mass is 32.2. The van der Waals surface area contributed by atoms with Crippen LogP contribution < -0.4 is 14.2 Å². The largest absolute Gasteiger partial charge is 0.497 e.